The van der Waals surface area contributed by atoms with Gasteiger partial charge < -0.3 is 14.6 Å². The Morgan fingerprint density at radius 2 is 1.56 bits per heavy atom. The predicted octanol–water partition coefficient (Wildman–Crippen LogP) is 4.59. The van der Waals surface area contributed by atoms with Crippen molar-refractivity contribution < 1.29 is 9.53 Å². The fourth-order valence-corrected chi connectivity index (χ4v) is 4.44. The van der Waals surface area contributed by atoms with E-state index in [-0.39, 0.29) is 5.91 Å². The number of amides is 1. The minimum atomic E-state index is -0.0931. The Labute approximate surface area is 204 Å². The molecule has 0 radical (unpaired) electrons. The highest BCUT2D eigenvalue weighted by Crippen LogP contribution is 2.24. The Morgan fingerprint density at radius 3 is 2.24 bits per heavy atom. The Bertz CT molecular complexity index is 1180. The number of nitrogens with zero attached hydrogens (tertiary/aromatic N) is 3. The predicted molar refractivity (Wildman–Crippen MR) is 135 cm³/mol. The molecule has 1 N–H and O–H groups in total. The quantitative estimate of drug-likeness (QED) is 0.256. The van der Waals surface area contributed by atoms with Crippen LogP contribution in [0.4, 0.5) is 0 Å². The van der Waals surface area contributed by atoms with Crippen molar-refractivity contribution in [1.29, 1.82) is 0 Å². The first kappa shape index (κ1) is 23.7. The molecule has 0 aliphatic carbocycles. The molecule has 4 rings (SSSR count). The normalized spacial score (nSPS) is 10.9. The number of nitrogens with one attached hydrogen (secondary N) is 1. The number of methoxy groups -OCH3 is 1. The van der Waals surface area contributed by atoms with Crippen LogP contribution < -0.4 is 5.32 Å². The number of thioether (sulfide) groups is 1. The molecule has 1 amide bonds. The van der Waals surface area contributed by atoms with Gasteiger partial charge in [0.15, 0.2) is 5.16 Å². The van der Waals surface area contributed by atoms with E-state index in [0.29, 0.717) is 18.7 Å². The van der Waals surface area contributed by atoms with Gasteiger partial charge >= 0.3 is 0 Å². The lowest BCUT2D eigenvalue weighted by Crippen LogP contribution is -2.26. The van der Waals surface area contributed by atoms with Gasteiger partial charge in [-0.05, 0) is 28.8 Å². The van der Waals surface area contributed by atoms with Crippen LogP contribution in [0.1, 0.15) is 32.9 Å². The fourth-order valence-electron chi connectivity index (χ4n) is 3.53. The molecule has 0 aliphatic heterocycles. The monoisotopic (exact) mass is 472 g/mol. The van der Waals surface area contributed by atoms with Crippen LogP contribution in [0.25, 0.3) is 0 Å². The molecule has 0 atom stereocenters. The average molecular weight is 473 g/mol. The summed E-state index contributed by atoms with van der Waals surface area (Å²) in [7, 11) is 1.61. The van der Waals surface area contributed by atoms with E-state index >= 15 is 0 Å². The number of hydrogen-bond acceptors (Lipinski definition) is 5. The van der Waals surface area contributed by atoms with Gasteiger partial charge in [-0.25, -0.2) is 0 Å². The van der Waals surface area contributed by atoms with Gasteiger partial charge in [0, 0.05) is 31.4 Å². The van der Waals surface area contributed by atoms with Crippen molar-refractivity contribution in [3.05, 3.63) is 113 Å². The minimum Gasteiger partial charge on any atom is -0.383 e. The molecule has 6 nitrogen and oxygen atoms in total. The second-order valence-electron chi connectivity index (χ2n) is 7.87. The van der Waals surface area contributed by atoms with Crippen LogP contribution in [0.2, 0.25) is 0 Å². The number of benzene rings is 3. The summed E-state index contributed by atoms with van der Waals surface area (Å²) in [5.41, 5.74) is 4.18. The van der Waals surface area contributed by atoms with Gasteiger partial charge in [-0.3, -0.25) is 4.79 Å². The maximum absolute atomic E-state index is 12.2. The molecule has 3 aromatic carbocycles. The maximum atomic E-state index is 12.2. The number of rotatable bonds is 11. The first-order valence-electron chi connectivity index (χ1n) is 11.2. The van der Waals surface area contributed by atoms with Crippen LogP contribution in [0, 0.1) is 0 Å². The molecular weight excluding hydrogens is 444 g/mol. The number of aromatic nitrogens is 3. The van der Waals surface area contributed by atoms with E-state index in [2.05, 4.69) is 56.5 Å². The third-order valence-electron chi connectivity index (χ3n) is 5.36. The summed E-state index contributed by atoms with van der Waals surface area (Å²) in [5.74, 6) is 1.59. The highest BCUT2D eigenvalue weighted by Gasteiger charge is 2.14. The summed E-state index contributed by atoms with van der Waals surface area (Å²) in [6, 6.07) is 28.4. The van der Waals surface area contributed by atoms with Crippen LogP contribution in [0.15, 0.2) is 90.1 Å². The summed E-state index contributed by atoms with van der Waals surface area (Å²) in [6.45, 7) is 1.71. The van der Waals surface area contributed by atoms with Crippen molar-refractivity contribution in [1.82, 2.24) is 20.1 Å². The number of carbonyl (C=O) groups is 1. The van der Waals surface area contributed by atoms with E-state index in [4.69, 9.17) is 4.74 Å². The van der Waals surface area contributed by atoms with E-state index < -0.39 is 0 Å². The molecule has 4 aromatic rings. The van der Waals surface area contributed by atoms with E-state index in [1.54, 1.807) is 18.9 Å². The van der Waals surface area contributed by atoms with Gasteiger partial charge in [0.2, 0.25) is 0 Å². The van der Waals surface area contributed by atoms with E-state index in [1.165, 1.54) is 11.1 Å². The van der Waals surface area contributed by atoms with E-state index in [9.17, 15) is 4.79 Å². The number of carbonyl (C=O) groups excluding carboxylic acids is 1. The lowest BCUT2D eigenvalue weighted by atomic mass is 10.1. The molecule has 0 unspecified atom stereocenters. The molecule has 0 spiro atoms. The summed E-state index contributed by atoms with van der Waals surface area (Å²) >= 11 is 1.65. The smallest absolute Gasteiger partial charge is 0.251 e. The van der Waals surface area contributed by atoms with Crippen LogP contribution in [0.5, 0.6) is 0 Å². The van der Waals surface area contributed by atoms with E-state index in [0.717, 1.165) is 35.3 Å². The van der Waals surface area contributed by atoms with Crippen molar-refractivity contribution in [2.75, 3.05) is 20.3 Å². The Morgan fingerprint density at radius 1 is 0.882 bits per heavy atom. The van der Waals surface area contributed by atoms with Crippen LogP contribution >= 0.6 is 11.8 Å². The van der Waals surface area contributed by atoms with Crippen molar-refractivity contribution in [2.45, 2.75) is 23.9 Å². The van der Waals surface area contributed by atoms with Gasteiger partial charge in [0.05, 0.1) is 13.2 Å². The zero-order valence-corrected chi connectivity index (χ0v) is 20.0. The van der Waals surface area contributed by atoms with Gasteiger partial charge in [-0.1, -0.05) is 84.6 Å². The fraction of sp³-hybridized carbons (Fsp3) is 0.222. The molecule has 0 saturated carbocycles. The summed E-state index contributed by atoms with van der Waals surface area (Å²) < 4.78 is 7.17. The summed E-state index contributed by atoms with van der Waals surface area (Å²) in [5, 5.41) is 12.8. The molecule has 0 aliphatic rings. The van der Waals surface area contributed by atoms with Gasteiger partial charge in [0.1, 0.15) is 5.82 Å². The van der Waals surface area contributed by atoms with Crippen molar-refractivity contribution in [3.8, 4) is 0 Å². The standard InChI is InChI=1S/C27H28N4O2S/c1-33-17-16-28-26(32)24-14-12-23(13-15-24)20-34-27-30-29-25(18-21-8-4-2-5-9-21)31(27)19-22-10-6-3-7-11-22/h2-15H,16-20H2,1H3,(H,28,32). The molecule has 0 bridgehead atoms. The maximum Gasteiger partial charge on any atom is 0.251 e. The van der Waals surface area contributed by atoms with Crippen LogP contribution in [-0.2, 0) is 23.5 Å². The lowest BCUT2D eigenvalue weighted by Gasteiger charge is -2.11. The summed E-state index contributed by atoms with van der Waals surface area (Å²) in [6.07, 6.45) is 0.730. The molecule has 7 heteroatoms. The molecule has 0 fully saturated rings. The third kappa shape index (κ3) is 6.56. The SMILES string of the molecule is COCCNC(=O)c1ccc(CSc2nnc(Cc3ccccc3)n2Cc2ccccc2)cc1. The molecule has 1 heterocycles. The number of ether oxygens (including phenoxy) is 1. The Hall–Kier alpha value is -3.42. The average Bonchev–Trinajstić information content (AvgIpc) is 3.25. The lowest BCUT2D eigenvalue weighted by molar-refractivity contribution is 0.0937. The second-order valence-corrected chi connectivity index (χ2v) is 8.81. The Balaban J connectivity index is 1.46. The van der Waals surface area contributed by atoms with Crippen LogP contribution in [-0.4, -0.2) is 40.9 Å². The molecule has 0 saturated heterocycles. The largest absolute Gasteiger partial charge is 0.383 e. The first-order chi connectivity index (χ1) is 16.7. The third-order valence-corrected chi connectivity index (χ3v) is 6.40. The molecular formula is C27H28N4O2S. The van der Waals surface area contributed by atoms with Crippen molar-refractivity contribution in [3.63, 3.8) is 0 Å². The van der Waals surface area contributed by atoms with Gasteiger partial charge in [-0.15, -0.1) is 10.2 Å². The van der Waals surface area contributed by atoms with Gasteiger partial charge in [-0.2, -0.15) is 0 Å². The van der Waals surface area contributed by atoms with Crippen LogP contribution in [0.3, 0.4) is 0 Å². The molecule has 34 heavy (non-hydrogen) atoms. The topological polar surface area (TPSA) is 69.0 Å². The van der Waals surface area contributed by atoms with Crippen molar-refractivity contribution >= 4 is 17.7 Å². The van der Waals surface area contributed by atoms with Crippen molar-refractivity contribution in [2.24, 2.45) is 0 Å². The zero-order valence-electron chi connectivity index (χ0n) is 19.2. The zero-order chi connectivity index (χ0) is 23.6. The second kappa shape index (κ2) is 12.2. The highest BCUT2D eigenvalue weighted by molar-refractivity contribution is 7.98. The first-order valence-corrected chi connectivity index (χ1v) is 12.2. The molecule has 174 valence electrons. The Kier molecular flexibility index (Phi) is 8.48. The van der Waals surface area contributed by atoms with E-state index in [1.807, 2.05) is 48.5 Å². The minimum absolute atomic E-state index is 0.0931. The summed E-state index contributed by atoms with van der Waals surface area (Å²) in [4.78, 5) is 12.2. The van der Waals surface area contributed by atoms with Gasteiger partial charge in [0.25, 0.3) is 5.91 Å². The number of hydrogen-bond donors (Lipinski definition) is 1. The molecule has 1 aromatic heterocycles. The highest BCUT2D eigenvalue weighted by atomic mass is 32.2.